The molecule has 1 aliphatic carbocycles. The van der Waals surface area contributed by atoms with E-state index in [0.29, 0.717) is 5.25 Å². The van der Waals surface area contributed by atoms with Crippen molar-refractivity contribution in [2.24, 2.45) is 0 Å². The van der Waals surface area contributed by atoms with Gasteiger partial charge in [0.15, 0.2) is 0 Å². The van der Waals surface area contributed by atoms with Crippen LogP contribution in [-0.2, 0) is 0 Å². The van der Waals surface area contributed by atoms with E-state index in [2.05, 4.69) is 12.2 Å². The monoisotopic (exact) mass is 270 g/mol. The summed E-state index contributed by atoms with van der Waals surface area (Å²) in [5.74, 6) is 1.03. The molecule has 7 heteroatoms. The highest BCUT2D eigenvalue weighted by Crippen LogP contribution is 2.29. The summed E-state index contributed by atoms with van der Waals surface area (Å²) in [6, 6.07) is -0.721. The molecule has 0 radical (unpaired) electrons. The summed E-state index contributed by atoms with van der Waals surface area (Å²) in [6.45, 7) is 0.792. The quantitative estimate of drug-likeness (QED) is 0.824. The molecule has 0 heterocycles. The number of alkyl halides is 3. The van der Waals surface area contributed by atoms with Gasteiger partial charge in [0.1, 0.15) is 6.54 Å². The summed E-state index contributed by atoms with van der Waals surface area (Å²) in [6.07, 6.45) is -1.65. The van der Waals surface area contributed by atoms with Crippen LogP contribution in [0.1, 0.15) is 26.2 Å². The largest absolute Gasteiger partial charge is 0.405 e. The molecule has 0 aromatic carbocycles. The van der Waals surface area contributed by atoms with E-state index in [-0.39, 0.29) is 6.04 Å². The topological polar surface area (TPSA) is 41.1 Å². The first-order valence-corrected chi connectivity index (χ1v) is 6.68. The predicted octanol–water partition coefficient (Wildman–Crippen LogP) is 2.52. The Kier molecular flexibility index (Phi) is 5.42. The Morgan fingerprint density at radius 2 is 2.12 bits per heavy atom. The average Bonchev–Trinajstić information content (AvgIpc) is 2.62. The van der Waals surface area contributed by atoms with Gasteiger partial charge in [-0.1, -0.05) is 6.92 Å². The van der Waals surface area contributed by atoms with Crippen LogP contribution in [0.5, 0.6) is 0 Å². The lowest BCUT2D eigenvalue weighted by Gasteiger charge is -2.14. The summed E-state index contributed by atoms with van der Waals surface area (Å²) in [5.41, 5.74) is 0. The van der Waals surface area contributed by atoms with E-state index in [0.717, 1.165) is 25.0 Å². The van der Waals surface area contributed by atoms with Gasteiger partial charge in [0.25, 0.3) is 0 Å². The lowest BCUT2D eigenvalue weighted by Crippen LogP contribution is -2.44. The molecule has 0 aromatic rings. The average molecular weight is 270 g/mol. The van der Waals surface area contributed by atoms with Crippen LogP contribution in [0, 0.1) is 0 Å². The number of halogens is 3. The van der Waals surface area contributed by atoms with Crippen LogP contribution >= 0.6 is 11.8 Å². The molecule has 2 unspecified atom stereocenters. The molecule has 1 aliphatic rings. The van der Waals surface area contributed by atoms with Crippen LogP contribution in [-0.4, -0.2) is 35.8 Å². The number of hydrogen-bond donors (Lipinski definition) is 2. The number of nitrogens with one attached hydrogen (secondary N) is 2. The molecule has 2 atom stereocenters. The highest BCUT2D eigenvalue weighted by atomic mass is 32.2. The van der Waals surface area contributed by atoms with Crippen LogP contribution < -0.4 is 10.6 Å². The number of urea groups is 1. The maximum atomic E-state index is 11.8. The number of carbonyl (C=O) groups excluding carboxylic acids is 1. The molecule has 1 saturated carbocycles. The third kappa shape index (κ3) is 6.05. The van der Waals surface area contributed by atoms with Crippen molar-refractivity contribution in [3.05, 3.63) is 0 Å². The zero-order chi connectivity index (χ0) is 12.9. The van der Waals surface area contributed by atoms with Gasteiger partial charge in [-0.25, -0.2) is 4.79 Å². The molecular weight excluding hydrogens is 253 g/mol. The Balaban J connectivity index is 2.19. The summed E-state index contributed by atoms with van der Waals surface area (Å²) < 4.78 is 35.5. The number of hydrogen-bond acceptors (Lipinski definition) is 2. The molecular formula is C10H17F3N2OS. The van der Waals surface area contributed by atoms with E-state index in [1.165, 1.54) is 0 Å². The fourth-order valence-corrected chi connectivity index (χ4v) is 3.02. The SMILES string of the molecule is CCSC1CCC(NC(=O)NCC(F)(F)F)C1. The molecule has 0 saturated heterocycles. The van der Waals surface area contributed by atoms with Crippen molar-refractivity contribution in [2.75, 3.05) is 12.3 Å². The molecule has 100 valence electrons. The Bertz CT molecular complexity index is 260. The third-order valence-corrected chi connectivity index (χ3v) is 3.80. The van der Waals surface area contributed by atoms with Crippen molar-refractivity contribution >= 4 is 17.8 Å². The summed E-state index contributed by atoms with van der Waals surface area (Å²) in [4.78, 5) is 11.2. The van der Waals surface area contributed by atoms with E-state index >= 15 is 0 Å². The van der Waals surface area contributed by atoms with Crippen molar-refractivity contribution < 1.29 is 18.0 Å². The number of amides is 2. The second-order valence-corrected chi connectivity index (χ2v) is 5.61. The van der Waals surface area contributed by atoms with Crippen molar-refractivity contribution in [3.63, 3.8) is 0 Å². The van der Waals surface area contributed by atoms with Crippen molar-refractivity contribution in [3.8, 4) is 0 Å². The molecule has 1 rings (SSSR count). The highest BCUT2D eigenvalue weighted by Gasteiger charge is 2.29. The smallest absolute Gasteiger partial charge is 0.335 e. The van der Waals surface area contributed by atoms with Gasteiger partial charge in [-0.2, -0.15) is 24.9 Å². The molecule has 0 bridgehead atoms. The molecule has 0 aromatic heterocycles. The van der Waals surface area contributed by atoms with Crippen LogP contribution in [0.15, 0.2) is 0 Å². The Labute approximate surface area is 103 Å². The van der Waals surface area contributed by atoms with Gasteiger partial charge in [0, 0.05) is 11.3 Å². The lowest BCUT2D eigenvalue weighted by atomic mass is 10.2. The minimum atomic E-state index is -4.35. The molecule has 2 amide bonds. The highest BCUT2D eigenvalue weighted by molar-refractivity contribution is 7.99. The fourth-order valence-electron chi connectivity index (χ4n) is 1.88. The summed E-state index contributed by atoms with van der Waals surface area (Å²) in [7, 11) is 0. The molecule has 17 heavy (non-hydrogen) atoms. The molecule has 0 aliphatic heterocycles. The molecule has 1 fully saturated rings. The first kappa shape index (κ1) is 14.5. The first-order chi connectivity index (χ1) is 7.90. The van der Waals surface area contributed by atoms with Crippen LogP contribution in [0.3, 0.4) is 0 Å². The number of rotatable bonds is 4. The predicted molar refractivity (Wildman–Crippen MR) is 62.1 cm³/mol. The first-order valence-electron chi connectivity index (χ1n) is 5.63. The summed E-state index contributed by atoms with van der Waals surface area (Å²) >= 11 is 1.84. The zero-order valence-electron chi connectivity index (χ0n) is 9.64. The van der Waals surface area contributed by atoms with Crippen LogP contribution in [0.25, 0.3) is 0 Å². The Morgan fingerprint density at radius 1 is 1.41 bits per heavy atom. The van der Waals surface area contributed by atoms with E-state index < -0.39 is 18.8 Å². The molecule has 3 nitrogen and oxygen atoms in total. The third-order valence-electron chi connectivity index (χ3n) is 2.57. The maximum absolute atomic E-state index is 11.8. The second-order valence-electron chi connectivity index (χ2n) is 4.03. The fraction of sp³-hybridized carbons (Fsp3) is 0.900. The Morgan fingerprint density at radius 3 is 2.71 bits per heavy atom. The van der Waals surface area contributed by atoms with E-state index in [1.54, 1.807) is 0 Å². The van der Waals surface area contributed by atoms with Gasteiger partial charge in [-0.05, 0) is 25.0 Å². The van der Waals surface area contributed by atoms with Crippen molar-refractivity contribution in [1.29, 1.82) is 0 Å². The summed E-state index contributed by atoms with van der Waals surface area (Å²) in [5, 5.41) is 4.91. The minimum Gasteiger partial charge on any atom is -0.335 e. The number of carbonyl (C=O) groups is 1. The Hall–Kier alpha value is -0.590. The standard InChI is InChI=1S/C10H17F3N2OS/c1-2-17-8-4-3-7(5-8)15-9(16)14-6-10(11,12)13/h7-8H,2-6H2,1H3,(H2,14,15,16). The second kappa shape index (κ2) is 6.37. The minimum absolute atomic E-state index is 0.00674. The maximum Gasteiger partial charge on any atom is 0.405 e. The van der Waals surface area contributed by atoms with Gasteiger partial charge in [-0.3, -0.25) is 0 Å². The van der Waals surface area contributed by atoms with Crippen LogP contribution in [0.2, 0.25) is 0 Å². The van der Waals surface area contributed by atoms with Gasteiger partial charge in [0.2, 0.25) is 0 Å². The van der Waals surface area contributed by atoms with E-state index in [9.17, 15) is 18.0 Å². The normalized spacial score (nSPS) is 24.7. The van der Waals surface area contributed by atoms with Gasteiger partial charge in [-0.15, -0.1) is 0 Å². The molecule has 2 N–H and O–H groups in total. The number of thioether (sulfide) groups is 1. The van der Waals surface area contributed by atoms with Crippen molar-refractivity contribution in [2.45, 2.75) is 43.7 Å². The van der Waals surface area contributed by atoms with E-state index in [1.807, 2.05) is 17.1 Å². The van der Waals surface area contributed by atoms with Crippen LogP contribution in [0.4, 0.5) is 18.0 Å². The zero-order valence-corrected chi connectivity index (χ0v) is 10.5. The van der Waals surface area contributed by atoms with Gasteiger partial charge < -0.3 is 10.6 Å². The van der Waals surface area contributed by atoms with Gasteiger partial charge >= 0.3 is 12.2 Å². The lowest BCUT2D eigenvalue weighted by molar-refractivity contribution is -0.122. The van der Waals surface area contributed by atoms with E-state index in [4.69, 9.17) is 0 Å². The van der Waals surface area contributed by atoms with Gasteiger partial charge in [0.05, 0.1) is 0 Å². The molecule has 0 spiro atoms. The van der Waals surface area contributed by atoms with Crippen molar-refractivity contribution in [1.82, 2.24) is 10.6 Å².